The fraction of sp³-hybridized carbons (Fsp3) is 0.429. The summed E-state index contributed by atoms with van der Waals surface area (Å²) in [4.78, 5) is 14.0. The molecule has 1 aromatic carbocycles. The third-order valence-electron chi connectivity index (χ3n) is 2.97. The molecule has 18 heavy (non-hydrogen) atoms. The van der Waals surface area contributed by atoms with Crippen molar-refractivity contribution in [1.82, 2.24) is 5.32 Å². The van der Waals surface area contributed by atoms with E-state index in [4.69, 9.17) is 5.26 Å². The van der Waals surface area contributed by atoms with Crippen molar-refractivity contribution >= 4 is 11.6 Å². The number of hydrogen-bond acceptors (Lipinski definition) is 3. The second-order valence-electron chi connectivity index (χ2n) is 4.70. The monoisotopic (exact) mass is 245 g/mol. The van der Waals surface area contributed by atoms with Crippen molar-refractivity contribution < 1.29 is 4.79 Å². The molecule has 1 amide bonds. The summed E-state index contributed by atoms with van der Waals surface area (Å²) in [6.07, 6.45) is 0.572. The highest BCUT2D eigenvalue weighted by Crippen LogP contribution is 2.15. The molecule has 0 aliphatic rings. The van der Waals surface area contributed by atoms with Crippen LogP contribution in [0.5, 0.6) is 0 Å². The van der Waals surface area contributed by atoms with Crippen LogP contribution in [0.1, 0.15) is 30.6 Å². The minimum atomic E-state index is -0.814. The van der Waals surface area contributed by atoms with Crippen molar-refractivity contribution in [2.75, 3.05) is 19.0 Å². The number of carbonyl (C=O) groups excluding carboxylic acids is 1. The number of nitriles is 1. The first-order valence-electron chi connectivity index (χ1n) is 5.93. The van der Waals surface area contributed by atoms with Gasteiger partial charge in [0.05, 0.1) is 6.07 Å². The standard InChI is InChI=1S/C14H19N3O/c1-5-14(2,10-15)16-13(18)11-7-6-8-12(9-11)17(3)4/h6-9H,5H2,1-4H3,(H,16,18). The Bertz CT molecular complexity index is 476. The van der Waals surface area contributed by atoms with E-state index in [1.54, 1.807) is 13.0 Å². The molecule has 0 aliphatic carbocycles. The lowest BCUT2D eigenvalue weighted by Crippen LogP contribution is -2.44. The second kappa shape index (κ2) is 5.54. The van der Waals surface area contributed by atoms with Gasteiger partial charge in [-0.15, -0.1) is 0 Å². The molecule has 0 bridgehead atoms. The SMILES string of the molecule is CCC(C)(C#N)NC(=O)c1cccc(N(C)C)c1. The summed E-state index contributed by atoms with van der Waals surface area (Å²) in [5.41, 5.74) is 0.708. The highest BCUT2D eigenvalue weighted by atomic mass is 16.1. The molecule has 4 heteroatoms. The van der Waals surface area contributed by atoms with Crippen LogP contribution in [0.25, 0.3) is 0 Å². The Morgan fingerprint density at radius 2 is 2.17 bits per heavy atom. The first-order valence-corrected chi connectivity index (χ1v) is 5.93. The maximum absolute atomic E-state index is 12.1. The predicted octanol–water partition coefficient (Wildman–Crippen LogP) is 2.17. The predicted molar refractivity (Wildman–Crippen MR) is 72.5 cm³/mol. The second-order valence-corrected chi connectivity index (χ2v) is 4.70. The van der Waals surface area contributed by atoms with E-state index in [9.17, 15) is 4.79 Å². The van der Waals surface area contributed by atoms with Crippen molar-refractivity contribution in [1.29, 1.82) is 5.26 Å². The fourth-order valence-electron chi connectivity index (χ4n) is 1.44. The van der Waals surface area contributed by atoms with Crippen LogP contribution < -0.4 is 10.2 Å². The summed E-state index contributed by atoms with van der Waals surface area (Å²) in [5, 5.41) is 11.8. The van der Waals surface area contributed by atoms with E-state index in [1.807, 2.05) is 44.1 Å². The van der Waals surface area contributed by atoms with E-state index in [2.05, 4.69) is 11.4 Å². The van der Waals surface area contributed by atoms with E-state index in [-0.39, 0.29) is 5.91 Å². The molecule has 0 fully saturated rings. The molecule has 0 heterocycles. The van der Waals surface area contributed by atoms with Crippen LogP contribution in [0.3, 0.4) is 0 Å². The molecule has 4 nitrogen and oxygen atoms in total. The summed E-state index contributed by atoms with van der Waals surface area (Å²) in [5.74, 6) is -0.218. The van der Waals surface area contributed by atoms with Crippen LogP contribution in [-0.4, -0.2) is 25.5 Å². The first kappa shape index (κ1) is 14.0. The fourth-order valence-corrected chi connectivity index (χ4v) is 1.44. The third kappa shape index (κ3) is 3.24. The highest BCUT2D eigenvalue weighted by molar-refractivity contribution is 5.95. The number of carbonyl (C=O) groups is 1. The molecule has 1 unspecified atom stereocenters. The molecule has 0 radical (unpaired) electrons. The molecule has 0 aromatic heterocycles. The maximum Gasteiger partial charge on any atom is 0.252 e. The summed E-state index contributed by atoms with van der Waals surface area (Å²) in [7, 11) is 3.84. The number of hydrogen-bond donors (Lipinski definition) is 1. The largest absolute Gasteiger partial charge is 0.378 e. The van der Waals surface area contributed by atoms with E-state index >= 15 is 0 Å². The van der Waals surface area contributed by atoms with Gasteiger partial charge < -0.3 is 10.2 Å². The summed E-state index contributed by atoms with van der Waals surface area (Å²) in [6, 6.07) is 9.44. The molecule has 1 atom stereocenters. The number of rotatable bonds is 4. The lowest BCUT2D eigenvalue weighted by molar-refractivity contribution is 0.0923. The van der Waals surface area contributed by atoms with Gasteiger partial charge in [0.2, 0.25) is 0 Å². The van der Waals surface area contributed by atoms with Crippen molar-refractivity contribution in [2.24, 2.45) is 0 Å². The van der Waals surface area contributed by atoms with Gasteiger partial charge in [-0.3, -0.25) is 4.79 Å². The summed E-state index contributed by atoms with van der Waals surface area (Å²) >= 11 is 0. The minimum absolute atomic E-state index is 0.218. The lowest BCUT2D eigenvalue weighted by Gasteiger charge is -2.21. The average molecular weight is 245 g/mol. The number of nitrogens with one attached hydrogen (secondary N) is 1. The first-order chi connectivity index (χ1) is 8.41. The van der Waals surface area contributed by atoms with E-state index in [0.29, 0.717) is 12.0 Å². The Labute approximate surface area is 108 Å². The van der Waals surface area contributed by atoms with Crippen molar-refractivity contribution in [2.45, 2.75) is 25.8 Å². The molecular formula is C14H19N3O. The Hall–Kier alpha value is -2.02. The zero-order valence-corrected chi connectivity index (χ0v) is 11.3. The molecule has 1 aromatic rings. The van der Waals surface area contributed by atoms with E-state index < -0.39 is 5.54 Å². The van der Waals surface area contributed by atoms with E-state index in [1.165, 1.54) is 0 Å². The Morgan fingerprint density at radius 1 is 1.50 bits per heavy atom. The van der Waals surface area contributed by atoms with Gasteiger partial charge in [-0.2, -0.15) is 5.26 Å². The molecule has 1 N–H and O–H groups in total. The van der Waals surface area contributed by atoms with Gasteiger partial charge in [-0.05, 0) is 31.5 Å². The molecule has 96 valence electrons. The Kier molecular flexibility index (Phi) is 4.33. The van der Waals surface area contributed by atoms with Crippen LogP contribution >= 0.6 is 0 Å². The normalized spacial score (nSPS) is 13.3. The maximum atomic E-state index is 12.1. The number of benzene rings is 1. The van der Waals surface area contributed by atoms with Crippen LogP contribution in [0.4, 0.5) is 5.69 Å². The Balaban J connectivity index is 2.92. The number of nitrogens with zero attached hydrogens (tertiary/aromatic N) is 2. The van der Waals surface area contributed by atoms with E-state index in [0.717, 1.165) is 5.69 Å². The van der Waals surface area contributed by atoms with Crippen molar-refractivity contribution in [3.05, 3.63) is 29.8 Å². The lowest BCUT2D eigenvalue weighted by atomic mass is 10.0. The smallest absolute Gasteiger partial charge is 0.252 e. The van der Waals surface area contributed by atoms with Gasteiger partial charge in [0.1, 0.15) is 5.54 Å². The Morgan fingerprint density at radius 3 is 2.67 bits per heavy atom. The zero-order chi connectivity index (χ0) is 13.8. The highest BCUT2D eigenvalue weighted by Gasteiger charge is 2.24. The van der Waals surface area contributed by atoms with Gasteiger partial charge >= 0.3 is 0 Å². The van der Waals surface area contributed by atoms with Crippen molar-refractivity contribution in [3.8, 4) is 6.07 Å². The van der Waals surface area contributed by atoms with Crippen LogP contribution in [0.2, 0.25) is 0 Å². The minimum Gasteiger partial charge on any atom is -0.378 e. The molecule has 0 spiro atoms. The summed E-state index contributed by atoms with van der Waals surface area (Å²) in [6.45, 7) is 3.60. The van der Waals surface area contributed by atoms with Gasteiger partial charge in [-0.25, -0.2) is 0 Å². The molecule has 0 saturated heterocycles. The van der Waals surface area contributed by atoms with Gasteiger partial charge in [0.15, 0.2) is 0 Å². The molecular weight excluding hydrogens is 226 g/mol. The molecule has 0 saturated carbocycles. The number of anilines is 1. The summed E-state index contributed by atoms with van der Waals surface area (Å²) < 4.78 is 0. The molecule has 1 rings (SSSR count). The van der Waals surface area contributed by atoms with Gasteiger partial charge in [0, 0.05) is 25.3 Å². The average Bonchev–Trinajstić information content (AvgIpc) is 2.38. The quantitative estimate of drug-likeness (QED) is 0.884. The van der Waals surface area contributed by atoms with Crippen molar-refractivity contribution in [3.63, 3.8) is 0 Å². The van der Waals surface area contributed by atoms with Crippen LogP contribution in [-0.2, 0) is 0 Å². The zero-order valence-electron chi connectivity index (χ0n) is 11.3. The third-order valence-corrected chi connectivity index (χ3v) is 2.97. The van der Waals surface area contributed by atoms with Crippen LogP contribution in [0.15, 0.2) is 24.3 Å². The van der Waals surface area contributed by atoms with Crippen LogP contribution in [0, 0.1) is 11.3 Å². The van der Waals surface area contributed by atoms with Gasteiger partial charge in [-0.1, -0.05) is 13.0 Å². The molecule has 0 aliphatic heterocycles. The topological polar surface area (TPSA) is 56.1 Å². The van der Waals surface area contributed by atoms with Gasteiger partial charge in [0.25, 0.3) is 5.91 Å². The number of amides is 1.